The average molecular weight is 339 g/mol. The van der Waals surface area contributed by atoms with Crippen molar-refractivity contribution in [2.75, 3.05) is 13.1 Å². The van der Waals surface area contributed by atoms with E-state index in [1.54, 1.807) is 0 Å². The lowest BCUT2D eigenvalue weighted by Gasteiger charge is -2.42. The lowest BCUT2D eigenvalue weighted by molar-refractivity contribution is 0.0722. The Kier molecular flexibility index (Phi) is 5.69. The fourth-order valence-corrected chi connectivity index (χ4v) is 4.27. The summed E-state index contributed by atoms with van der Waals surface area (Å²) in [5, 5.41) is 8.90. The predicted molar refractivity (Wildman–Crippen MR) is 97.0 cm³/mol. The van der Waals surface area contributed by atoms with E-state index in [0.29, 0.717) is 6.10 Å². The maximum absolute atomic E-state index is 6.62. The van der Waals surface area contributed by atoms with Crippen LogP contribution in [0.5, 0.6) is 0 Å². The molecular weight excluding hydrogens is 304 g/mol. The molecule has 5 nitrogen and oxygen atoms in total. The Morgan fingerprint density at radius 1 is 1.22 bits per heavy atom. The quantitative estimate of drug-likeness (QED) is 0.772. The molecule has 1 aromatic rings. The Balaban J connectivity index is 1.97. The normalized spacial score (nSPS) is 20.9. The minimum Gasteiger partial charge on any atom is -0.413 e. The topological polar surface area (TPSA) is 43.2 Å². The monoisotopic (exact) mass is 338 g/mol. The molecule has 1 aliphatic rings. The second-order valence-electron chi connectivity index (χ2n) is 8.32. The number of hydrogen-bond acceptors (Lipinski definition) is 4. The molecule has 2 heterocycles. The highest BCUT2D eigenvalue weighted by molar-refractivity contribution is 6.74. The molecule has 0 radical (unpaired) electrons. The number of nitrogens with zero attached hydrogens (tertiary/aromatic N) is 4. The molecule has 2 rings (SSSR count). The third-order valence-corrected chi connectivity index (χ3v) is 10.0. The van der Waals surface area contributed by atoms with Gasteiger partial charge in [0.25, 0.3) is 0 Å². The lowest BCUT2D eigenvalue weighted by Crippen LogP contribution is -2.49. The largest absolute Gasteiger partial charge is 0.413 e. The number of aromatic nitrogens is 3. The number of hydrogen-bond donors (Lipinski definition) is 0. The van der Waals surface area contributed by atoms with Gasteiger partial charge < -0.3 is 8.99 Å². The highest BCUT2D eigenvalue weighted by Gasteiger charge is 2.39. The second-order valence-corrected chi connectivity index (χ2v) is 13.1. The van der Waals surface area contributed by atoms with Crippen LogP contribution in [0.4, 0.5) is 0 Å². The van der Waals surface area contributed by atoms with E-state index < -0.39 is 8.32 Å². The molecule has 132 valence electrons. The van der Waals surface area contributed by atoms with Crippen LogP contribution in [0.1, 0.15) is 52.2 Å². The molecule has 1 fully saturated rings. The molecule has 1 atom stereocenters. The maximum atomic E-state index is 6.62. The van der Waals surface area contributed by atoms with E-state index in [-0.39, 0.29) is 5.04 Å². The van der Waals surface area contributed by atoms with E-state index in [4.69, 9.17) is 4.43 Å². The smallest absolute Gasteiger partial charge is 0.192 e. The number of aryl methyl sites for hydroxylation is 1. The zero-order valence-electron chi connectivity index (χ0n) is 16.0. The molecule has 23 heavy (non-hydrogen) atoms. The van der Waals surface area contributed by atoms with Crippen LogP contribution < -0.4 is 0 Å². The van der Waals surface area contributed by atoms with Crippen LogP contribution in [0.25, 0.3) is 0 Å². The summed E-state index contributed by atoms with van der Waals surface area (Å²) < 4.78 is 8.76. The molecule has 0 spiro atoms. The SMILES string of the molecule is CCc1nnc(CN2CCC[C@@H](O[Si](C)(C)C(C)(C)C)C2)n1C. The van der Waals surface area contributed by atoms with Crippen LogP contribution in [0.3, 0.4) is 0 Å². The lowest BCUT2D eigenvalue weighted by atomic mass is 10.1. The van der Waals surface area contributed by atoms with E-state index in [9.17, 15) is 0 Å². The minimum atomic E-state index is -1.69. The average Bonchev–Trinajstić information content (AvgIpc) is 2.78. The Hall–Kier alpha value is -0.723. The summed E-state index contributed by atoms with van der Waals surface area (Å²) >= 11 is 0. The minimum absolute atomic E-state index is 0.273. The molecule has 6 heteroatoms. The summed E-state index contributed by atoms with van der Waals surface area (Å²) in [7, 11) is 0.385. The number of likely N-dealkylation sites (tertiary alicyclic amines) is 1. The van der Waals surface area contributed by atoms with Crippen LogP contribution in [-0.4, -0.2) is 47.2 Å². The van der Waals surface area contributed by atoms with Gasteiger partial charge in [-0.1, -0.05) is 27.7 Å². The van der Waals surface area contributed by atoms with Crippen molar-refractivity contribution in [2.24, 2.45) is 7.05 Å². The Bertz CT molecular complexity index is 521. The number of rotatable bonds is 5. The van der Waals surface area contributed by atoms with Gasteiger partial charge in [0.2, 0.25) is 0 Å². The molecule has 0 aromatic carbocycles. The molecule has 1 aromatic heterocycles. The van der Waals surface area contributed by atoms with Gasteiger partial charge in [-0.25, -0.2) is 0 Å². The van der Waals surface area contributed by atoms with Crippen molar-refractivity contribution in [1.82, 2.24) is 19.7 Å². The van der Waals surface area contributed by atoms with Gasteiger partial charge in [-0.05, 0) is 37.5 Å². The molecule has 0 N–H and O–H groups in total. The van der Waals surface area contributed by atoms with Crippen molar-refractivity contribution >= 4 is 8.32 Å². The van der Waals surface area contributed by atoms with Gasteiger partial charge in [0.15, 0.2) is 8.32 Å². The Morgan fingerprint density at radius 3 is 2.43 bits per heavy atom. The summed E-state index contributed by atoms with van der Waals surface area (Å²) in [5.41, 5.74) is 0. The van der Waals surface area contributed by atoms with Crippen molar-refractivity contribution in [3.05, 3.63) is 11.6 Å². The fraction of sp³-hybridized carbons (Fsp3) is 0.882. The van der Waals surface area contributed by atoms with Gasteiger partial charge in [-0.3, -0.25) is 4.90 Å². The first-order valence-electron chi connectivity index (χ1n) is 8.91. The standard InChI is InChI=1S/C17H34N4OSi/c1-8-15-18-19-16(20(15)5)13-21-11-9-10-14(12-21)22-23(6,7)17(2,3)4/h14H,8-13H2,1-7H3/t14-/m1/s1. The van der Waals surface area contributed by atoms with Gasteiger partial charge in [-0.2, -0.15) is 0 Å². The van der Waals surface area contributed by atoms with Crippen molar-refractivity contribution in [3.63, 3.8) is 0 Å². The summed E-state index contributed by atoms with van der Waals surface area (Å²) in [6.07, 6.45) is 3.68. The predicted octanol–water partition coefficient (Wildman–Crippen LogP) is 3.36. The van der Waals surface area contributed by atoms with E-state index in [0.717, 1.165) is 37.7 Å². The van der Waals surface area contributed by atoms with Gasteiger partial charge in [-0.15, -0.1) is 10.2 Å². The van der Waals surface area contributed by atoms with Crippen molar-refractivity contribution in [2.45, 2.75) is 77.7 Å². The molecule has 0 amide bonds. The molecule has 0 aliphatic carbocycles. The van der Waals surface area contributed by atoms with Crippen molar-refractivity contribution in [3.8, 4) is 0 Å². The van der Waals surface area contributed by atoms with Crippen molar-refractivity contribution < 1.29 is 4.43 Å². The summed E-state index contributed by atoms with van der Waals surface area (Å²) in [4.78, 5) is 2.48. The molecule has 0 bridgehead atoms. The van der Waals surface area contributed by atoms with Crippen LogP contribution in [0, 0.1) is 0 Å². The molecule has 0 unspecified atom stereocenters. The fourth-order valence-electron chi connectivity index (χ4n) is 2.89. The summed E-state index contributed by atoms with van der Waals surface area (Å²) in [6, 6.07) is 0. The first-order chi connectivity index (χ1) is 10.6. The Morgan fingerprint density at radius 2 is 1.87 bits per heavy atom. The third kappa shape index (κ3) is 4.42. The molecule has 0 saturated carbocycles. The van der Waals surface area contributed by atoms with E-state index in [1.807, 2.05) is 0 Å². The number of piperidine rings is 1. The Labute approximate surface area is 142 Å². The van der Waals surface area contributed by atoms with Crippen LogP contribution in [0.15, 0.2) is 0 Å². The van der Waals surface area contributed by atoms with Gasteiger partial charge in [0.05, 0.1) is 12.6 Å². The first-order valence-corrected chi connectivity index (χ1v) is 11.8. The van der Waals surface area contributed by atoms with E-state index >= 15 is 0 Å². The highest BCUT2D eigenvalue weighted by atomic mass is 28.4. The molecule has 1 saturated heterocycles. The third-order valence-electron chi connectivity index (χ3n) is 5.47. The van der Waals surface area contributed by atoms with E-state index in [1.165, 1.54) is 12.8 Å². The first kappa shape index (κ1) is 18.6. The van der Waals surface area contributed by atoms with Gasteiger partial charge in [0.1, 0.15) is 11.6 Å². The van der Waals surface area contributed by atoms with Gasteiger partial charge in [0, 0.05) is 20.0 Å². The van der Waals surface area contributed by atoms with Crippen LogP contribution >= 0.6 is 0 Å². The zero-order chi connectivity index (χ0) is 17.3. The highest BCUT2D eigenvalue weighted by Crippen LogP contribution is 2.38. The van der Waals surface area contributed by atoms with Crippen LogP contribution in [-0.2, 0) is 24.4 Å². The van der Waals surface area contributed by atoms with Crippen LogP contribution in [0.2, 0.25) is 18.1 Å². The molecular formula is C17H34N4OSi. The van der Waals surface area contributed by atoms with Crippen molar-refractivity contribution in [1.29, 1.82) is 0 Å². The zero-order valence-corrected chi connectivity index (χ0v) is 17.0. The van der Waals surface area contributed by atoms with E-state index in [2.05, 4.69) is 67.5 Å². The molecule has 1 aliphatic heterocycles. The second kappa shape index (κ2) is 7.03. The summed E-state index contributed by atoms with van der Waals surface area (Å²) in [5.74, 6) is 2.13. The van der Waals surface area contributed by atoms with Gasteiger partial charge >= 0.3 is 0 Å². The maximum Gasteiger partial charge on any atom is 0.192 e. The summed E-state index contributed by atoms with van der Waals surface area (Å²) in [6.45, 7) is 16.8.